The molecule has 0 atom stereocenters. The molecular weight excluding hydrogens is 148 g/mol. The van der Waals surface area contributed by atoms with Gasteiger partial charge in [-0.15, -0.1) is 0 Å². The van der Waals surface area contributed by atoms with Crippen LogP contribution in [0.3, 0.4) is 0 Å². The Hall–Kier alpha value is -1.07. The molecule has 0 amide bonds. The number of nitrogens with zero attached hydrogens (tertiary/aromatic N) is 2. The summed E-state index contributed by atoms with van der Waals surface area (Å²) < 4.78 is 1.27. The van der Waals surface area contributed by atoms with Gasteiger partial charge >= 0.3 is 5.69 Å². The van der Waals surface area contributed by atoms with Crippen LogP contribution in [0.2, 0.25) is 0 Å². The molecular formula is C7H6ClN2+. The van der Waals surface area contributed by atoms with Crippen molar-refractivity contribution in [1.29, 1.82) is 5.26 Å². The first kappa shape index (κ1) is 7.04. The van der Waals surface area contributed by atoms with E-state index in [4.69, 9.17) is 17.0 Å². The zero-order chi connectivity index (χ0) is 7.56. The zero-order valence-electron chi connectivity index (χ0n) is 5.50. The molecule has 1 heterocycles. The Balaban J connectivity index is 3.25. The van der Waals surface area contributed by atoms with Crippen LogP contribution < -0.4 is 4.09 Å². The molecule has 0 fully saturated rings. The van der Waals surface area contributed by atoms with Crippen LogP contribution in [0.4, 0.5) is 0 Å². The van der Waals surface area contributed by atoms with Gasteiger partial charge in [0.2, 0.25) is 0 Å². The Kier molecular flexibility index (Phi) is 1.88. The Morgan fingerprint density at radius 3 is 2.90 bits per heavy atom. The van der Waals surface area contributed by atoms with Gasteiger partial charge in [0.1, 0.15) is 0 Å². The first-order chi connectivity index (χ1) is 4.74. The van der Waals surface area contributed by atoms with Crippen LogP contribution >= 0.6 is 11.8 Å². The molecule has 0 bridgehead atoms. The predicted molar refractivity (Wildman–Crippen MR) is 37.3 cm³/mol. The Morgan fingerprint density at radius 2 is 2.40 bits per heavy atom. The molecule has 50 valence electrons. The van der Waals surface area contributed by atoms with E-state index in [9.17, 15) is 0 Å². The summed E-state index contributed by atoms with van der Waals surface area (Å²) >= 11 is 5.59. The van der Waals surface area contributed by atoms with E-state index in [1.54, 1.807) is 12.3 Å². The largest absolute Gasteiger partial charge is 0.304 e. The average Bonchev–Trinajstić information content (AvgIpc) is 1.94. The summed E-state index contributed by atoms with van der Waals surface area (Å²) in [5.41, 5.74) is 1.50. The Morgan fingerprint density at radius 1 is 1.70 bits per heavy atom. The minimum Gasteiger partial charge on any atom is -0.186 e. The van der Waals surface area contributed by atoms with Gasteiger partial charge in [0.05, 0.1) is 0 Å². The van der Waals surface area contributed by atoms with Gasteiger partial charge in [-0.25, -0.2) is 0 Å². The lowest BCUT2D eigenvalue weighted by Crippen LogP contribution is -2.24. The summed E-state index contributed by atoms with van der Waals surface area (Å²) in [6.07, 6.45) is 1.65. The highest BCUT2D eigenvalue weighted by atomic mass is 35.5. The molecule has 1 aromatic heterocycles. The lowest BCUT2D eigenvalue weighted by molar-refractivity contribution is -0.522. The molecule has 0 saturated heterocycles. The first-order valence-electron chi connectivity index (χ1n) is 2.82. The summed E-state index contributed by atoms with van der Waals surface area (Å²) in [4.78, 5) is 0. The summed E-state index contributed by atoms with van der Waals surface area (Å²) in [5, 5.41) is 8.49. The van der Waals surface area contributed by atoms with Gasteiger partial charge in [-0.1, -0.05) is 4.09 Å². The monoisotopic (exact) mass is 153 g/mol. The van der Waals surface area contributed by atoms with Crippen LogP contribution in [0.25, 0.3) is 0 Å². The SMILES string of the molecule is Cc1cc[n+](Cl)c(C#N)c1. The van der Waals surface area contributed by atoms with Crippen molar-refractivity contribution in [3.63, 3.8) is 0 Å². The molecule has 0 saturated carbocycles. The van der Waals surface area contributed by atoms with E-state index in [1.165, 1.54) is 4.09 Å². The second-order valence-corrected chi connectivity index (χ2v) is 2.38. The number of hydrogen-bond donors (Lipinski definition) is 0. The van der Waals surface area contributed by atoms with Crippen LogP contribution in [0, 0.1) is 18.3 Å². The standard InChI is InChI=1S/C7H6ClN2/c1-6-2-3-10(8)7(4-6)5-9/h2-4H,1H3/q+1. The van der Waals surface area contributed by atoms with E-state index < -0.39 is 0 Å². The van der Waals surface area contributed by atoms with Gasteiger partial charge in [0, 0.05) is 12.1 Å². The smallest absolute Gasteiger partial charge is 0.186 e. The topological polar surface area (TPSA) is 27.7 Å². The van der Waals surface area contributed by atoms with Crippen LogP contribution in [0.5, 0.6) is 0 Å². The minimum absolute atomic E-state index is 0.460. The van der Waals surface area contributed by atoms with Gasteiger partial charge in [-0.2, -0.15) is 5.26 Å². The van der Waals surface area contributed by atoms with Gasteiger partial charge < -0.3 is 0 Å². The molecule has 0 radical (unpaired) electrons. The molecule has 10 heavy (non-hydrogen) atoms. The van der Waals surface area contributed by atoms with Gasteiger partial charge in [-0.3, -0.25) is 0 Å². The van der Waals surface area contributed by atoms with Crippen molar-refractivity contribution in [2.45, 2.75) is 6.92 Å². The van der Waals surface area contributed by atoms with Crippen molar-refractivity contribution in [3.05, 3.63) is 29.6 Å². The van der Waals surface area contributed by atoms with Crippen molar-refractivity contribution < 1.29 is 4.09 Å². The quantitative estimate of drug-likeness (QED) is 0.550. The summed E-state index contributed by atoms with van der Waals surface area (Å²) in [7, 11) is 0. The Bertz CT molecular complexity index is 288. The van der Waals surface area contributed by atoms with Crippen LogP contribution in [0.15, 0.2) is 18.3 Å². The van der Waals surface area contributed by atoms with Crippen LogP contribution in [0.1, 0.15) is 11.3 Å². The fourth-order valence-electron chi connectivity index (χ4n) is 0.669. The van der Waals surface area contributed by atoms with E-state index >= 15 is 0 Å². The third-order valence-corrected chi connectivity index (χ3v) is 1.47. The predicted octanol–water partition coefficient (Wildman–Crippen LogP) is 1.16. The third-order valence-electron chi connectivity index (χ3n) is 1.18. The number of rotatable bonds is 0. The Labute approximate surface area is 64.4 Å². The molecule has 0 aliphatic rings. The number of aryl methyl sites for hydroxylation is 1. The van der Waals surface area contributed by atoms with E-state index in [2.05, 4.69) is 0 Å². The van der Waals surface area contributed by atoms with Gasteiger partial charge in [0.25, 0.3) is 11.8 Å². The molecule has 0 aliphatic carbocycles. The number of hydrogen-bond acceptors (Lipinski definition) is 1. The number of nitriles is 1. The summed E-state index contributed by atoms with van der Waals surface area (Å²) in [5.74, 6) is 0. The highest BCUT2D eigenvalue weighted by Gasteiger charge is 2.05. The normalized spacial score (nSPS) is 8.90. The molecule has 0 unspecified atom stereocenters. The van der Waals surface area contributed by atoms with Crippen LogP contribution in [-0.4, -0.2) is 0 Å². The second kappa shape index (κ2) is 2.68. The van der Waals surface area contributed by atoms with Gasteiger partial charge in [0.15, 0.2) is 12.3 Å². The fraction of sp³-hybridized carbons (Fsp3) is 0.143. The maximum Gasteiger partial charge on any atom is 0.304 e. The highest BCUT2D eigenvalue weighted by molar-refractivity contribution is 6.04. The van der Waals surface area contributed by atoms with Gasteiger partial charge in [-0.05, 0) is 12.5 Å². The van der Waals surface area contributed by atoms with Crippen molar-refractivity contribution in [3.8, 4) is 6.07 Å². The zero-order valence-corrected chi connectivity index (χ0v) is 6.26. The highest BCUT2D eigenvalue weighted by Crippen LogP contribution is 1.96. The molecule has 0 aliphatic heterocycles. The first-order valence-corrected chi connectivity index (χ1v) is 3.16. The van der Waals surface area contributed by atoms with E-state index in [0.29, 0.717) is 5.69 Å². The second-order valence-electron chi connectivity index (χ2n) is 2.01. The number of halogens is 1. The number of pyridine rings is 1. The van der Waals surface area contributed by atoms with Crippen molar-refractivity contribution in [2.75, 3.05) is 0 Å². The van der Waals surface area contributed by atoms with E-state index in [0.717, 1.165) is 5.56 Å². The van der Waals surface area contributed by atoms with E-state index in [1.807, 2.05) is 19.1 Å². The molecule has 1 rings (SSSR count). The van der Waals surface area contributed by atoms with Crippen molar-refractivity contribution in [1.82, 2.24) is 0 Å². The van der Waals surface area contributed by atoms with E-state index in [-0.39, 0.29) is 0 Å². The summed E-state index contributed by atoms with van der Waals surface area (Å²) in [6.45, 7) is 1.91. The maximum atomic E-state index is 8.49. The number of aromatic nitrogens is 1. The molecule has 0 aromatic carbocycles. The van der Waals surface area contributed by atoms with Crippen molar-refractivity contribution >= 4 is 11.8 Å². The molecule has 2 nitrogen and oxygen atoms in total. The lowest BCUT2D eigenvalue weighted by Gasteiger charge is -1.86. The summed E-state index contributed by atoms with van der Waals surface area (Å²) in [6, 6.07) is 5.54. The molecule has 3 heteroatoms. The maximum absolute atomic E-state index is 8.49. The minimum atomic E-state index is 0.460. The average molecular weight is 154 g/mol. The van der Waals surface area contributed by atoms with Crippen LogP contribution in [-0.2, 0) is 0 Å². The third kappa shape index (κ3) is 1.26. The molecule has 0 spiro atoms. The molecule has 1 aromatic rings. The lowest BCUT2D eigenvalue weighted by atomic mass is 10.2. The van der Waals surface area contributed by atoms with Crippen molar-refractivity contribution in [2.24, 2.45) is 0 Å². The molecule has 0 N–H and O–H groups in total. The fourth-order valence-corrected chi connectivity index (χ4v) is 0.812.